The van der Waals surface area contributed by atoms with Crippen LogP contribution >= 0.6 is 11.3 Å². The molecule has 2 heterocycles. The SMILES string of the molecule is CCC(CC(=O)c1cc2nc(OC)c(OC)nc2s1)C(=O)O. The fourth-order valence-corrected chi connectivity index (χ4v) is 2.88. The van der Waals surface area contributed by atoms with Crippen molar-refractivity contribution < 1.29 is 24.2 Å². The highest BCUT2D eigenvalue weighted by molar-refractivity contribution is 7.20. The highest BCUT2D eigenvalue weighted by atomic mass is 32.1. The van der Waals surface area contributed by atoms with Crippen LogP contribution in [-0.4, -0.2) is 41.0 Å². The largest absolute Gasteiger partial charge is 0.481 e. The third-order valence-corrected chi connectivity index (χ3v) is 4.30. The first kappa shape index (κ1) is 16.2. The number of carbonyl (C=O) groups is 2. The zero-order valence-electron chi connectivity index (χ0n) is 12.5. The molecule has 0 amide bonds. The van der Waals surface area contributed by atoms with Crippen molar-refractivity contribution in [2.45, 2.75) is 19.8 Å². The minimum absolute atomic E-state index is 0.0348. The number of nitrogens with zero attached hydrogens (tertiary/aromatic N) is 2. The first-order valence-electron chi connectivity index (χ1n) is 6.65. The van der Waals surface area contributed by atoms with Crippen LogP contribution in [0.15, 0.2) is 6.07 Å². The molecule has 0 fully saturated rings. The molecule has 0 bridgehead atoms. The molecule has 0 saturated carbocycles. The van der Waals surface area contributed by atoms with Gasteiger partial charge in [0.25, 0.3) is 11.8 Å². The van der Waals surface area contributed by atoms with Gasteiger partial charge in [0.15, 0.2) is 5.78 Å². The van der Waals surface area contributed by atoms with Crippen LogP contribution in [0.2, 0.25) is 0 Å². The number of carboxylic acid groups (broad SMARTS) is 1. The van der Waals surface area contributed by atoms with E-state index in [1.165, 1.54) is 25.6 Å². The van der Waals surface area contributed by atoms with Gasteiger partial charge in [0.2, 0.25) is 0 Å². The number of carbonyl (C=O) groups excluding carboxylic acids is 1. The Morgan fingerprint density at radius 1 is 1.27 bits per heavy atom. The van der Waals surface area contributed by atoms with Crippen LogP contribution in [0.3, 0.4) is 0 Å². The van der Waals surface area contributed by atoms with Crippen LogP contribution < -0.4 is 9.47 Å². The highest BCUT2D eigenvalue weighted by Gasteiger charge is 2.22. The minimum Gasteiger partial charge on any atom is -0.481 e. The Morgan fingerprint density at radius 2 is 1.91 bits per heavy atom. The van der Waals surface area contributed by atoms with E-state index < -0.39 is 11.9 Å². The molecule has 1 unspecified atom stereocenters. The molecular formula is C14H16N2O5S. The summed E-state index contributed by atoms with van der Waals surface area (Å²) < 4.78 is 10.1. The molecule has 0 radical (unpaired) electrons. The van der Waals surface area contributed by atoms with Crippen molar-refractivity contribution in [3.05, 3.63) is 10.9 Å². The van der Waals surface area contributed by atoms with Gasteiger partial charge in [-0.3, -0.25) is 9.59 Å². The van der Waals surface area contributed by atoms with Crippen LogP contribution in [-0.2, 0) is 4.79 Å². The van der Waals surface area contributed by atoms with E-state index in [-0.39, 0.29) is 24.0 Å². The van der Waals surface area contributed by atoms with Gasteiger partial charge in [-0.25, -0.2) is 4.98 Å². The molecule has 0 aliphatic rings. The smallest absolute Gasteiger partial charge is 0.306 e. The number of Topliss-reactive ketones (excluding diaryl/α,β-unsaturated/α-hetero) is 1. The molecule has 1 N–H and O–H groups in total. The Labute approximate surface area is 130 Å². The number of fused-ring (bicyclic) bond motifs is 1. The maximum Gasteiger partial charge on any atom is 0.306 e. The van der Waals surface area contributed by atoms with E-state index in [0.29, 0.717) is 21.6 Å². The van der Waals surface area contributed by atoms with E-state index in [9.17, 15) is 9.59 Å². The van der Waals surface area contributed by atoms with Gasteiger partial charge in [0, 0.05) is 6.42 Å². The van der Waals surface area contributed by atoms with Crippen molar-refractivity contribution in [1.82, 2.24) is 9.97 Å². The van der Waals surface area contributed by atoms with Crippen LogP contribution in [0.25, 0.3) is 10.3 Å². The van der Waals surface area contributed by atoms with Crippen LogP contribution in [0, 0.1) is 5.92 Å². The van der Waals surface area contributed by atoms with Crippen molar-refractivity contribution in [2.75, 3.05) is 14.2 Å². The molecule has 2 aromatic heterocycles. The Hall–Kier alpha value is -2.22. The first-order chi connectivity index (χ1) is 10.5. The molecule has 0 aliphatic heterocycles. The molecule has 7 nitrogen and oxygen atoms in total. The number of methoxy groups -OCH3 is 2. The van der Waals surface area contributed by atoms with Crippen molar-refractivity contribution in [3.8, 4) is 11.8 Å². The van der Waals surface area contributed by atoms with Gasteiger partial charge in [0.1, 0.15) is 10.3 Å². The summed E-state index contributed by atoms with van der Waals surface area (Å²) in [5, 5.41) is 9.04. The average molecular weight is 324 g/mol. The van der Waals surface area contributed by atoms with E-state index >= 15 is 0 Å². The molecule has 0 spiro atoms. The second kappa shape index (κ2) is 6.69. The fraction of sp³-hybridized carbons (Fsp3) is 0.429. The molecule has 0 aliphatic carbocycles. The molecular weight excluding hydrogens is 308 g/mol. The number of hydrogen-bond donors (Lipinski definition) is 1. The Morgan fingerprint density at radius 3 is 2.45 bits per heavy atom. The van der Waals surface area contributed by atoms with Crippen LogP contribution in [0.4, 0.5) is 0 Å². The maximum absolute atomic E-state index is 12.2. The average Bonchev–Trinajstić information content (AvgIpc) is 2.93. The number of ketones is 1. The first-order valence-corrected chi connectivity index (χ1v) is 7.47. The Kier molecular flexibility index (Phi) is 4.92. The summed E-state index contributed by atoms with van der Waals surface area (Å²) in [6.07, 6.45) is 0.372. The van der Waals surface area contributed by atoms with Crippen LogP contribution in [0.1, 0.15) is 29.4 Å². The molecule has 2 rings (SSSR count). The molecule has 0 aromatic carbocycles. The summed E-state index contributed by atoms with van der Waals surface area (Å²) in [5.74, 6) is -1.38. The zero-order valence-corrected chi connectivity index (χ0v) is 13.3. The highest BCUT2D eigenvalue weighted by Crippen LogP contribution is 2.31. The van der Waals surface area contributed by atoms with Gasteiger partial charge in [-0.2, -0.15) is 4.98 Å². The van der Waals surface area contributed by atoms with Gasteiger partial charge in [-0.05, 0) is 12.5 Å². The second-order valence-electron chi connectivity index (χ2n) is 4.61. The third kappa shape index (κ3) is 3.16. The molecule has 1 atom stereocenters. The number of carboxylic acids is 1. The fourth-order valence-electron chi connectivity index (χ4n) is 1.96. The standard InChI is InChI=1S/C14H16N2O5S/c1-4-7(14(18)19)5-9(17)10-6-8-13(22-10)16-12(21-3)11(15-8)20-2/h6-7H,4-5H2,1-3H3,(H,18,19). The van der Waals surface area contributed by atoms with Gasteiger partial charge in [0.05, 0.1) is 25.0 Å². The van der Waals surface area contributed by atoms with Crippen molar-refractivity contribution >= 4 is 33.4 Å². The van der Waals surface area contributed by atoms with E-state index in [2.05, 4.69) is 9.97 Å². The lowest BCUT2D eigenvalue weighted by molar-refractivity contribution is -0.141. The molecule has 22 heavy (non-hydrogen) atoms. The van der Waals surface area contributed by atoms with Crippen molar-refractivity contribution in [2.24, 2.45) is 5.92 Å². The quantitative estimate of drug-likeness (QED) is 0.781. The molecule has 0 saturated heterocycles. The predicted molar refractivity (Wildman–Crippen MR) is 80.9 cm³/mol. The Balaban J connectivity index is 2.32. The summed E-state index contributed by atoms with van der Waals surface area (Å²) in [5.41, 5.74) is 0.523. The topological polar surface area (TPSA) is 98.6 Å². The number of rotatable bonds is 7. The van der Waals surface area contributed by atoms with Gasteiger partial charge >= 0.3 is 5.97 Å². The lowest BCUT2D eigenvalue weighted by Gasteiger charge is -2.06. The lowest BCUT2D eigenvalue weighted by Crippen LogP contribution is -2.16. The zero-order chi connectivity index (χ0) is 16.3. The number of hydrogen-bond acceptors (Lipinski definition) is 7. The summed E-state index contributed by atoms with van der Waals surface area (Å²) in [4.78, 5) is 32.7. The normalized spacial score (nSPS) is 12.1. The maximum atomic E-state index is 12.2. The van der Waals surface area contributed by atoms with Crippen LogP contribution in [0.5, 0.6) is 11.8 Å². The van der Waals surface area contributed by atoms with Gasteiger partial charge < -0.3 is 14.6 Å². The summed E-state index contributed by atoms with van der Waals surface area (Å²) in [6, 6.07) is 1.60. The van der Waals surface area contributed by atoms with Gasteiger partial charge in [-0.1, -0.05) is 6.92 Å². The summed E-state index contributed by atoms with van der Waals surface area (Å²) in [6.45, 7) is 1.75. The lowest BCUT2D eigenvalue weighted by atomic mass is 9.99. The number of aliphatic carboxylic acids is 1. The minimum atomic E-state index is -0.962. The van der Waals surface area contributed by atoms with Gasteiger partial charge in [-0.15, -0.1) is 11.3 Å². The van der Waals surface area contributed by atoms with E-state index in [1.807, 2.05) is 0 Å². The van der Waals surface area contributed by atoms with Crippen molar-refractivity contribution in [3.63, 3.8) is 0 Å². The number of ether oxygens (including phenoxy) is 2. The van der Waals surface area contributed by atoms with E-state index in [0.717, 1.165) is 0 Å². The second-order valence-corrected chi connectivity index (χ2v) is 5.64. The number of aromatic nitrogens is 2. The summed E-state index contributed by atoms with van der Waals surface area (Å²) in [7, 11) is 2.91. The molecule has 8 heteroatoms. The van der Waals surface area contributed by atoms with E-state index in [4.69, 9.17) is 14.6 Å². The monoisotopic (exact) mass is 324 g/mol. The van der Waals surface area contributed by atoms with Crippen molar-refractivity contribution in [1.29, 1.82) is 0 Å². The summed E-state index contributed by atoms with van der Waals surface area (Å²) >= 11 is 1.17. The predicted octanol–water partition coefficient (Wildman–Crippen LogP) is 2.39. The Bertz CT molecular complexity index is 672. The third-order valence-electron chi connectivity index (χ3n) is 3.24. The molecule has 118 valence electrons. The number of thiophene rings is 1. The molecule has 2 aromatic rings. The van der Waals surface area contributed by atoms with E-state index in [1.54, 1.807) is 13.0 Å².